The average molecular weight is 1730 g/mol. The van der Waals surface area contributed by atoms with E-state index in [1.807, 2.05) is 13.8 Å². The third-order valence-electron chi connectivity index (χ3n) is 19.2. The molecule has 5 atom stereocenters. The first-order chi connectivity index (χ1) is 57.6. The van der Waals surface area contributed by atoms with Crippen LogP contribution in [0.4, 0.5) is 0 Å². The van der Waals surface area contributed by atoms with Crippen molar-refractivity contribution in [1.82, 2.24) is 26.6 Å². The number of phenols is 1. The summed E-state index contributed by atoms with van der Waals surface area (Å²) in [7, 11) is -3.86. The largest absolute Gasteiger partial charge is 0.508 e. The number of carboxylic acids is 1. The van der Waals surface area contributed by atoms with Crippen molar-refractivity contribution in [2.75, 3.05) is 164 Å². The molecular weight excluding hydrogens is 1590 g/mol. The Kier molecular flexibility index (Phi) is 67.5. The zero-order valence-corrected chi connectivity index (χ0v) is 72.4. The van der Waals surface area contributed by atoms with Gasteiger partial charge in [0.25, 0.3) is 10.1 Å². The summed E-state index contributed by atoms with van der Waals surface area (Å²) >= 11 is 0. The van der Waals surface area contributed by atoms with Crippen molar-refractivity contribution in [2.24, 2.45) is 41.1 Å². The van der Waals surface area contributed by atoms with Crippen LogP contribution in [0, 0.1) is 35.0 Å². The Bertz CT molecular complexity index is 3150. The molecule has 0 fully saturated rings. The maximum atomic E-state index is 14.3. The van der Waals surface area contributed by atoms with Gasteiger partial charge in [0.2, 0.25) is 35.4 Å². The molecule has 0 saturated heterocycles. The second-order valence-electron chi connectivity index (χ2n) is 30.4. The number of aromatic hydroxyl groups is 1. The maximum absolute atomic E-state index is 14.3. The van der Waals surface area contributed by atoms with Crippen LogP contribution in [0.5, 0.6) is 5.75 Å². The highest BCUT2D eigenvalue weighted by molar-refractivity contribution is 7.85. The zero-order valence-electron chi connectivity index (χ0n) is 71.6. The third-order valence-corrected chi connectivity index (χ3v) is 20.0. The van der Waals surface area contributed by atoms with Crippen molar-refractivity contribution in [1.29, 1.82) is 5.41 Å². The van der Waals surface area contributed by atoms with E-state index >= 15 is 0 Å². The zero-order chi connectivity index (χ0) is 88.7. The summed E-state index contributed by atoms with van der Waals surface area (Å²) in [6.07, 6.45) is 17.5. The van der Waals surface area contributed by atoms with Crippen LogP contribution >= 0.6 is 0 Å². The van der Waals surface area contributed by atoms with Crippen molar-refractivity contribution >= 4 is 86.3 Å². The molecule has 1 rings (SSSR count). The number of rotatable bonds is 86. The lowest BCUT2D eigenvalue weighted by molar-refractivity contribution is -0.142. The monoisotopic (exact) mass is 1730 g/mol. The molecule has 1 aromatic rings. The number of benzene rings is 1. The molecule has 0 aliphatic carbocycles. The lowest BCUT2D eigenvalue weighted by Crippen LogP contribution is -2.41. The van der Waals surface area contributed by atoms with Gasteiger partial charge in [0.05, 0.1) is 97.5 Å². The number of ether oxygens (including phenoxy) is 10. The van der Waals surface area contributed by atoms with Gasteiger partial charge in [-0.05, 0) is 87.8 Å². The van der Waals surface area contributed by atoms with E-state index in [0.717, 1.165) is 70.6 Å². The summed E-state index contributed by atoms with van der Waals surface area (Å²) < 4.78 is 84.4. The number of hydrogen-bond acceptors (Lipinski definition) is 26. The van der Waals surface area contributed by atoms with E-state index < -0.39 is 51.7 Å². The summed E-state index contributed by atoms with van der Waals surface area (Å²) in [6.45, 7) is 8.65. The highest BCUT2D eigenvalue weighted by atomic mass is 32.2. The van der Waals surface area contributed by atoms with E-state index in [2.05, 4.69) is 26.6 Å². The van der Waals surface area contributed by atoms with Crippen LogP contribution in [0.25, 0.3) is 0 Å². The van der Waals surface area contributed by atoms with Crippen LogP contribution < -0.4 is 38.1 Å². The van der Waals surface area contributed by atoms with E-state index in [-0.39, 0.29) is 278 Å². The minimum atomic E-state index is -3.86. The fourth-order valence-corrected chi connectivity index (χ4v) is 13.2. The van der Waals surface area contributed by atoms with Crippen molar-refractivity contribution in [3.63, 3.8) is 0 Å². The summed E-state index contributed by atoms with van der Waals surface area (Å²) in [5, 5.41) is 40.3. The number of amidine groups is 1. The van der Waals surface area contributed by atoms with Gasteiger partial charge in [-0.2, -0.15) is 8.42 Å². The molecule has 0 aromatic heterocycles. The first kappa shape index (κ1) is 111. The summed E-state index contributed by atoms with van der Waals surface area (Å²) in [5.41, 5.74) is 12.1. The third kappa shape index (κ3) is 67.2. The number of hydrogen-bond donors (Lipinski definition) is 11. The Morgan fingerprint density at radius 1 is 0.408 bits per heavy atom. The van der Waals surface area contributed by atoms with Crippen LogP contribution in [-0.4, -0.2) is 269 Å². The Hall–Kier alpha value is -7.36. The Morgan fingerprint density at radius 2 is 0.825 bits per heavy atom. The number of Topliss-reactive ketones (excluding diaryl/α,β-unsaturated/α-hetero) is 5. The predicted molar refractivity (Wildman–Crippen MR) is 447 cm³/mol. The van der Waals surface area contributed by atoms with Crippen LogP contribution in [0.15, 0.2) is 24.3 Å². The Balaban J connectivity index is 2.02. The Labute approximate surface area is 709 Å². The Morgan fingerprint density at radius 3 is 1.27 bits per heavy atom. The summed E-state index contributed by atoms with van der Waals surface area (Å²) in [5.74, 6) is -7.47. The lowest BCUT2D eigenvalue weighted by atomic mass is 9.75. The van der Waals surface area contributed by atoms with Gasteiger partial charge in [0, 0.05) is 114 Å². The molecule has 0 saturated carbocycles. The van der Waals surface area contributed by atoms with E-state index in [0.29, 0.717) is 95.8 Å². The van der Waals surface area contributed by atoms with E-state index in [9.17, 15) is 76.2 Å². The van der Waals surface area contributed by atoms with E-state index in [1.165, 1.54) is 12.1 Å². The number of phenolic OH excluding ortho intramolecular Hbond substituents is 1. The average Bonchev–Trinajstić information content (AvgIpc) is 0.838. The van der Waals surface area contributed by atoms with Gasteiger partial charge in [0.15, 0.2) is 5.78 Å². The van der Waals surface area contributed by atoms with E-state index in [4.69, 9.17) is 68.8 Å². The SMILES string of the molecule is CC(C)CC(=O)C[C@@H](CCCCNC(=O)COCCOCCCC(=O)COCCOCCNC(=O)COCCOCCNC(=O)COCCOCCNC(=O)COCCOCCCC(=O)CC[C@H](NC(=O)CCCCCCCCCCCCCCCS(=O)(=O)O)C(=O)O)C(=O)C(C)[C@@H](CCCCC(=N)N)C(=O)C[C@@H](Cc1ccc(O)cc1)C(N)=O. The second-order valence-corrected chi connectivity index (χ2v) is 32.0. The number of carbonyl (C=O) groups is 12. The molecule has 0 bridgehead atoms. The number of aliphatic carboxylic acids is 1. The normalized spacial score (nSPS) is 12.7. The highest BCUT2D eigenvalue weighted by Crippen LogP contribution is 2.31. The van der Waals surface area contributed by atoms with Gasteiger partial charge in [-0.1, -0.05) is 116 Å². The number of primary amides is 1. The van der Waals surface area contributed by atoms with Gasteiger partial charge in [0.1, 0.15) is 68.0 Å². The lowest BCUT2D eigenvalue weighted by Gasteiger charge is -2.27. The molecule has 1 aromatic carbocycles. The number of carbonyl (C=O) groups excluding carboxylic acids is 11. The predicted octanol–water partition coefficient (Wildman–Crippen LogP) is 6.13. The number of amides is 6. The minimum absolute atomic E-state index is 0.00184. The molecule has 0 aliphatic heterocycles. The number of nitrogens with two attached hydrogens (primary N) is 2. The number of unbranched alkanes of at least 4 members (excludes halogenated alkanes) is 14. The molecule has 0 aliphatic rings. The van der Waals surface area contributed by atoms with Gasteiger partial charge < -0.3 is 95.6 Å². The van der Waals surface area contributed by atoms with Gasteiger partial charge in [-0.3, -0.25) is 62.7 Å². The number of nitrogens with one attached hydrogen (secondary N) is 6. The van der Waals surface area contributed by atoms with Crippen LogP contribution in [0.2, 0.25) is 0 Å². The molecule has 13 N–H and O–H groups in total. The smallest absolute Gasteiger partial charge is 0.326 e. The molecular formula is C84H144N8O27S. The molecule has 0 radical (unpaired) electrons. The molecule has 120 heavy (non-hydrogen) atoms. The fourth-order valence-electron chi connectivity index (χ4n) is 12.6. The van der Waals surface area contributed by atoms with Crippen LogP contribution in [0.1, 0.15) is 219 Å². The van der Waals surface area contributed by atoms with Crippen molar-refractivity contribution < 1.29 is 128 Å². The maximum Gasteiger partial charge on any atom is 0.326 e. The van der Waals surface area contributed by atoms with Crippen molar-refractivity contribution in [3.8, 4) is 5.75 Å². The molecule has 36 heteroatoms. The quantitative estimate of drug-likeness (QED) is 0.0151. The van der Waals surface area contributed by atoms with Gasteiger partial charge in [-0.25, -0.2) is 4.79 Å². The summed E-state index contributed by atoms with van der Waals surface area (Å²) in [4.78, 5) is 152. The topological polar surface area (TPSA) is 528 Å². The fraction of sp³-hybridized carbons (Fsp3) is 0.774. The van der Waals surface area contributed by atoms with Gasteiger partial charge in [-0.15, -0.1) is 0 Å². The molecule has 688 valence electrons. The molecule has 0 spiro atoms. The summed E-state index contributed by atoms with van der Waals surface area (Å²) in [6, 6.07) is 5.12. The molecule has 0 heterocycles. The first-order valence-electron chi connectivity index (χ1n) is 42.9. The van der Waals surface area contributed by atoms with E-state index in [1.54, 1.807) is 19.1 Å². The molecule has 35 nitrogen and oxygen atoms in total. The number of carboxylic acid groups (broad SMARTS) is 1. The molecule has 1 unspecified atom stereocenters. The second kappa shape index (κ2) is 73.2. The minimum Gasteiger partial charge on any atom is -0.508 e. The molecule has 6 amide bonds. The van der Waals surface area contributed by atoms with Crippen molar-refractivity contribution in [3.05, 3.63) is 29.8 Å². The van der Waals surface area contributed by atoms with Crippen LogP contribution in [0.3, 0.4) is 0 Å². The number of ketones is 5. The van der Waals surface area contributed by atoms with Crippen LogP contribution in [-0.2, 0) is 121 Å². The van der Waals surface area contributed by atoms with Crippen molar-refractivity contribution in [2.45, 2.75) is 226 Å². The van der Waals surface area contributed by atoms with Gasteiger partial charge >= 0.3 is 5.97 Å². The first-order valence-corrected chi connectivity index (χ1v) is 44.5. The standard InChI is InChI=1S/C84H144N8O27S/c1-64(2)55-72(96)57-67(82(103)65(3)73(26-16-17-27-76(85)86)75(97)58-68(83(87)104)56-66-29-31-70(94)32-30-66)23-18-19-35-88-78(99)60-116-50-45-111-40-22-25-71(95)59-115-49-46-112-41-36-89-80(101)62-118-52-48-114-43-38-91-81(102)63-119-53-47-113-42-37-90-79(100)61-117-51-44-110-39-21-24-69(93)33-34-74(84(105)106)92-77(98)28-15-13-11-9-7-5-4-6-8-10-12-14-20-54-120(107,108)109/h29-32,64-65,67-68,73-74,94H,4-28,33-63H2,1-3H3,(H3,85,86)(H2,87,104)(H,88,99)(H,89,101)(H,90,100)(H,91,102)(H,92,98)(H,105,106)(H,107,108,109)/t65?,67-,68-,73-,74+/m1/s1. The highest BCUT2D eigenvalue weighted by Gasteiger charge is 2.36.